The smallest absolute Gasteiger partial charge is 0.253 e. The normalized spacial score (nSPS) is 22.3. The number of hydrogen-bond acceptors (Lipinski definition) is 3. The summed E-state index contributed by atoms with van der Waals surface area (Å²) in [6.07, 6.45) is 8.77. The Kier molecular flexibility index (Phi) is 7.52. The molecule has 2 amide bonds. The minimum atomic E-state index is 0.109. The van der Waals surface area contributed by atoms with Gasteiger partial charge in [0.1, 0.15) is 0 Å². The molecule has 1 aliphatic carbocycles. The van der Waals surface area contributed by atoms with Gasteiger partial charge in [0.05, 0.1) is 0 Å². The summed E-state index contributed by atoms with van der Waals surface area (Å²) in [5, 5.41) is 0. The third-order valence-electron chi connectivity index (χ3n) is 8.30. The fourth-order valence-corrected chi connectivity index (χ4v) is 6.16. The topological polar surface area (TPSA) is 43.9 Å². The molecular weight excluding hydrogens is 434 g/mol. The van der Waals surface area contributed by atoms with Crippen molar-refractivity contribution in [1.82, 2.24) is 14.7 Å². The van der Waals surface area contributed by atoms with Gasteiger partial charge in [0.2, 0.25) is 0 Å². The van der Waals surface area contributed by atoms with E-state index in [1.54, 1.807) is 0 Å². The van der Waals surface area contributed by atoms with E-state index in [0.29, 0.717) is 6.54 Å². The molecule has 35 heavy (non-hydrogen) atoms. The number of amides is 2. The van der Waals surface area contributed by atoms with Gasteiger partial charge in [-0.3, -0.25) is 14.5 Å². The van der Waals surface area contributed by atoms with Gasteiger partial charge in [0.25, 0.3) is 11.8 Å². The predicted molar refractivity (Wildman–Crippen MR) is 140 cm³/mol. The summed E-state index contributed by atoms with van der Waals surface area (Å²) in [4.78, 5) is 33.0. The van der Waals surface area contributed by atoms with Crippen molar-refractivity contribution in [2.24, 2.45) is 0 Å². The van der Waals surface area contributed by atoms with E-state index in [0.717, 1.165) is 68.3 Å². The number of hydrogen-bond donors (Lipinski definition) is 0. The van der Waals surface area contributed by atoms with E-state index < -0.39 is 0 Å². The molecule has 5 rings (SSSR count). The van der Waals surface area contributed by atoms with Crippen molar-refractivity contribution < 1.29 is 9.59 Å². The molecule has 1 saturated carbocycles. The first-order valence-corrected chi connectivity index (χ1v) is 13.6. The standard InChI is InChI=1S/C30H39N3O2/c1-23-12-14-24(15-13-23)29(34)33-16-6-9-27(22-33)25-7-5-8-26(21-25)30(35)32-19-17-31(18-20-32)28-10-3-2-4-11-28/h5,7-8,12-15,21,27-28H,2-4,6,9-11,16-20,22H2,1H3. The predicted octanol–water partition coefficient (Wildman–Crippen LogP) is 5.11. The summed E-state index contributed by atoms with van der Waals surface area (Å²) in [5.41, 5.74) is 3.89. The number of piperazine rings is 1. The molecule has 3 aliphatic rings. The van der Waals surface area contributed by atoms with Crippen molar-refractivity contribution >= 4 is 11.8 Å². The summed E-state index contributed by atoms with van der Waals surface area (Å²) < 4.78 is 0. The zero-order valence-corrected chi connectivity index (χ0v) is 21.1. The average Bonchev–Trinajstić information content (AvgIpc) is 2.93. The summed E-state index contributed by atoms with van der Waals surface area (Å²) in [6, 6.07) is 16.8. The molecule has 2 aromatic carbocycles. The molecule has 2 saturated heterocycles. The number of benzene rings is 2. The average molecular weight is 474 g/mol. The molecule has 186 valence electrons. The van der Waals surface area contributed by atoms with Crippen LogP contribution in [-0.4, -0.2) is 71.8 Å². The number of likely N-dealkylation sites (tertiary alicyclic amines) is 1. The second kappa shape index (κ2) is 10.9. The van der Waals surface area contributed by atoms with E-state index in [1.807, 2.05) is 53.1 Å². The second-order valence-corrected chi connectivity index (χ2v) is 10.7. The summed E-state index contributed by atoms with van der Waals surface area (Å²) >= 11 is 0. The maximum atomic E-state index is 13.3. The lowest BCUT2D eigenvalue weighted by Gasteiger charge is -2.40. The first-order chi connectivity index (χ1) is 17.1. The van der Waals surface area contributed by atoms with Crippen molar-refractivity contribution in [3.05, 3.63) is 70.8 Å². The van der Waals surface area contributed by atoms with Crippen LogP contribution in [0.25, 0.3) is 0 Å². The number of piperidine rings is 1. The molecule has 1 unspecified atom stereocenters. The lowest BCUT2D eigenvalue weighted by molar-refractivity contribution is 0.0522. The molecule has 2 heterocycles. The molecule has 2 aliphatic heterocycles. The van der Waals surface area contributed by atoms with Gasteiger partial charge in [-0.2, -0.15) is 0 Å². The highest BCUT2D eigenvalue weighted by atomic mass is 16.2. The Morgan fingerprint density at radius 1 is 0.714 bits per heavy atom. The minimum Gasteiger partial charge on any atom is -0.338 e. The van der Waals surface area contributed by atoms with Crippen molar-refractivity contribution in [3.8, 4) is 0 Å². The lowest BCUT2D eigenvalue weighted by Crippen LogP contribution is -2.52. The van der Waals surface area contributed by atoms with Crippen LogP contribution in [0.3, 0.4) is 0 Å². The minimum absolute atomic E-state index is 0.109. The van der Waals surface area contributed by atoms with Crippen molar-refractivity contribution in [2.45, 2.75) is 63.8 Å². The molecular formula is C30H39N3O2. The molecule has 0 aromatic heterocycles. The van der Waals surface area contributed by atoms with Crippen LogP contribution in [0.15, 0.2) is 48.5 Å². The van der Waals surface area contributed by atoms with Gasteiger partial charge in [-0.25, -0.2) is 0 Å². The molecule has 3 fully saturated rings. The van der Waals surface area contributed by atoms with Crippen molar-refractivity contribution in [1.29, 1.82) is 0 Å². The third kappa shape index (κ3) is 5.61. The van der Waals surface area contributed by atoms with E-state index in [1.165, 1.54) is 37.7 Å². The van der Waals surface area contributed by atoms with Gasteiger partial charge in [0.15, 0.2) is 0 Å². The van der Waals surface area contributed by atoms with Gasteiger partial charge >= 0.3 is 0 Å². The van der Waals surface area contributed by atoms with Crippen molar-refractivity contribution in [2.75, 3.05) is 39.3 Å². The first-order valence-electron chi connectivity index (χ1n) is 13.6. The van der Waals surface area contributed by atoms with E-state index in [9.17, 15) is 9.59 Å². The molecule has 0 N–H and O–H groups in total. The molecule has 0 radical (unpaired) electrons. The van der Waals surface area contributed by atoms with Crippen molar-refractivity contribution in [3.63, 3.8) is 0 Å². The molecule has 2 aromatic rings. The quantitative estimate of drug-likeness (QED) is 0.620. The van der Waals surface area contributed by atoms with E-state index >= 15 is 0 Å². The first kappa shape index (κ1) is 24.1. The number of nitrogens with zero attached hydrogens (tertiary/aromatic N) is 3. The Morgan fingerprint density at radius 2 is 1.43 bits per heavy atom. The largest absolute Gasteiger partial charge is 0.338 e. The monoisotopic (exact) mass is 473 g/mol. The summed E-state index contributed by atoms with van der Waals surface area (Å²) in [6.45, 7) is 7.18. The van der Waals surface area contributed by atoms with Crippen LogP contribution in [0.5, 0.6) is 0 Å². The van der Waals surface area contributed by atoms with E-state index in [2.05, 4.69) is 17.0 Å². The van der Waals surface area contributed by atoms with Gasteiger partial charge in [0, 0.05) is 62.4 Å². The Bertz CT molecular complexity index is 1020. The van der Waals surface area contributed by atoms with Crippen LogP contribution in [0.4, 0.5) is 0 Å². The van der Waals surface area contributed by atoms with Gasteiger partial charge < -0.3 is 9.80 Å². The fraction of sp³-hybridized carbons (Fsp3) is 0.533. The highest BCUT2D eigenvalue weighted by Gasteiger charge is 2.29. The highest BCUT2D eigenvalue weighted by molar-refractivity contribution is 5.95. The van der Waals surface area contributed by atoms with Gasteiger partial charge in [-0.1, -0.05) is 49.1 Å². The lowest BCUT2D eigenvalue weighted by atomic mass is 9.89. The number of rotatable bonds is 4. The SMILES string of the molecule is Cc1ccc(C(=O)N2CCCC(c3cccc(C(=O)N4CCN(C5CCCCC5)CC4)c3)C2)cc1. The van der Waals surface area contributed by atoms with Crippen LogP contribution in [-0.2, 0) is 0 Å². The zero-order chi connectivity index (χ0) is 24.2. The second-order valence-electron chi connectivity index (χ2n) is 10.7. The summed E-state index contributed by atoms with van der Waals surface area (Å²) in [5.74, 6) is 0.533. The number of aryl methyl sites for hydroxylation is 1. The Hall–Kier alpha value is -2.66. The third-order valence-corrected chi connectivity index (χ3v) is 8.30. The molecule has 5 nitrogen and oxygen atoms in total. The van der Waals surface area contributed by atoms with Crippen LogP contribution in [0.1, 0.15) is 82.7 Å². The van der Waals surface area contributed by atoms with Gasteiger partial charge in [-0.15, -0.1) is 0 Å². The molecule has 1 atom stereocenters. The zero-order valence-electron chi connectivity index (χ0n) is 21.1. The van der Waals surface area contributed by atoms with E-state index in [-0.39, 0.29) is 17.7 Å². The number of carbonyl (C=O) groups is 2. The van der Waals surface area contributed by atoms with Crippen LogP contribution in [0.2, 0.25) is 0 Å². The summed E-state index contributed by atoms with van der Waals surface area (Å²) in [7, 11) is 0. The Morgan fingerprint density at radius 3 is 2.17 bits per heavy atom. The van der Waals surface area contributed by atoms with Crippen LogP contribution in [0, 0.1) is 6.92 Å². The van der Waals surface area contributed by atoms with E-state index in [4.69, 9.17) is 0 Å². The Balaban J connectivity index is 1.21. The molecule has 0 bridgehead atoms. The fourth-order valence-electron chi connectivity index (χ4n) is 6.16. The maximum absolute atomic E-state index is 13.3. The molecule has 0 spiro atoms. The van der Waals surface area contributed by atoms with Gasteiger partial charge in [-0.05, 0) is 62.4 Å². The number of carbonyl (C=O) groups excluding carboxylic acids is 2. The molecule has 5 heteroatoms. The van der Waals surface area contributed by atoms with Crippen LogP contribution < -0.4 is 0 Å². The highest BCUT2D eigenvalue weighted by Crippen LogP contribution is 2.29. The Labute approximate surface area is 210 Å². The van der Waals surface area contributed by atoms with Crippen LogP contribution >= 0.6 is 0 Å². The maximum Gasteiger partial charge on any atom is 0.253 e.